The Hall–Kier alpha value is -1.03. The molecule has 5 heteroatoms. The number of rotatable bonds is 4. The van der Waals surface area contributed by atoms with Gasteiger partial charge in [0.2, 0.25) is 0 Å². The van der Waals surface area contributed by atoms with E-state index in [1.807, 2.05) is 36.4 Å². The van der Waals surface area contributed by atoms with Crippen molar-refractivity contribution in [2.24, 2.45) is 0 Å². The van der Waals surface area contributed by atoms with E-state index in [1.54, 1.807) is 18.0 Å². The first-order valence-electron chi connectivity index (χ1n) is 6.36. The molecule has 1 amide bonds. The summed E-state index contributed by atoms with van der Waals surface area (Å²) in [6, 6.07) is 12.9. The van der Waals surface area contributed by atoms with Crippen molar-refractivity contribution in [2.45, 2.75) is 11.9 Å². The second kappa shape index (κ2) is 7.30. The minimum atomic E-state index is -0.0489. The minimum absolute atomic E-state index is 0.0489. The average molecular weight is 387 g/mol. The van der Waals surface area contributed by atoms with E-state index in [0.717, 1.165) is 16.5 Å². The van der Waals surface area contributed by atoms with E-state index in [2.05, 4.69) is 15.9 Å². The van der Waals surface area contributed by atoms with Gasteiger partial charge < -0.3 is 4.90 Å². The van der Waals surface area contributed by atoms with Crippen molar-refractivity contribution >= 4 is 45.0 Å². The molecule has 0 spiro atoms. The Morgan fingerprint density at radius 2 is 1.81 bits per heavy atom. The minimum Gasteiger partial charge on any atom is -0.337 e. The summed E-state index contributed by atoms with van der Waals surface area (Å²) in [6.07, 6.45) is 0. The van der Waals surface area contributed by atoms with Crippen molar-refractivity contribution in [3.8, 4) is 0 Å². The Morgan fingerprint density at radius 1 is 1.14 bits per heavy atom. The van der Waals surface area contributed by atoms with Gasteiger partial charge in [-0.15, -0.1) is 0 Å². The van der Waals surface area contributed by atoms with Gasteiger partial charge in [0.1, 0.15) is 0 Å². The van der Waals surface area contributed by atoms with Gasteiger partial charge in [-0.3, -0.25) is 4.79 Å². The van der Waals surface area contributed by atoms with Crippen molar-refractivity contribution in [3.05, 3.63) is 69.2 Å². The third kappa shape index (κ3) is 4.00. The maximum absolute atomic E-state index is 12.4. The van der Waals surface area contributed by atoms with Crippen LogP contribution in [-0.4, -0.2) is 17.9 Å². The standard InChI is InChI=1S/C16H14BrCl2NO/c1-20(10-13-3-2-4-14(18)15(13)19)16(21)12-7-5-11(9-17)6-8-12/h2-8H,9-10H2,1H3. The van der Waals surface area contributed by atoms with Crippen LogP contribution in [0.25, 0.3) is 0 Å². The molecule has 0 saturated carbocycles. The van der Waals surface area contributed by atoms with Gasteiger partial charge in [-0.05, 0) is 29.3 Å². The first kappa shape index (κ1) is 16.3. The van der Waals surface area contributed by atoms with Crippen molar-refractivity contribution in [3.63, 3.8) is 0 Å². The molecular formula is C16H14BrCl2NO. The maximum Gasteiger partial charge on any atom is 0.253 e. The molecule has 2 aromatic rings. The van der Waals surface area contributed by atoms with Crippen LogP contribution in [-0.2, 0) is 11.9 Å². The fourth-order valence-corrected chi connectivity index (χ4v) is 2.71. The van der Waals surface area contributed by atoms with Gasteiger partial charge in [0, 0.05) is 24.5 Å². The normalized spacial score (nSPS) is 10.5. The van der Waals surface area contributed by atoms with Crippen LogP contribution < -0.4 is 0 Å². The van der Waals surface area contributed by atoms with Crippen LogP contribution in [0.5, 0.6) is 0 Å². The Morgan fingerprint density at radius 3 is 2.43 bits per heavy atom. The van der Waals surface area contributed by atoms with Gasteiger partial charge in [-0.2, -0.15) is 0 Å². The maximum atomic E-state index is 12.4. The predicted molar refractivity (Wildman–Crippen MR) is 91.3 cm³/mol. The molecule has 0 aliphatic carbocycles. The van der Waals surface area contributed by atoms with Gasteiger partial charge >= 0.3 is 0 Å². The highest BCUT2D eigenvalue weighted by atomic mass is 79.9. The summed E-state index contributed by atoms with van der Waals surface area (Å²) < 4.78 is 0. The summed E-state index contributed by atoms with van der Waals surface area (Å²) in [4.78, 5) is 14.0. The van der Waals surface area contributed by atoms with Crippen molar-refractivity contribution in [2.75, 3.05) is 7.05 Å². The van der Waals surface area contributed by atoms with Crippen LogP contribution in [0.1, 0.15) is 21.5 Å². The molecule has 0 unspecified atom stereocenters. The lowest BCUT2D eigenvalue weighted by atomic mass is 10.1. The van der Waals surface area contributed by atoms with Gasteiger partial charge in [-0.25, -0.2) is 0 Å². The van der Waals surface area contributed by atoms with E-state index in [0.29, 0.717) is 22.2 Å². The van der Waals surface area contributed by atoms with Crippen molar-refractivity contribution in [1.82, 2.24) is 4.90 Å². The highest BCUT2D eigenvalue weighted by molar-refractivity contribution is 9.08. The van der Waals surface area contributed by atoms with Crippen LogP contribution in [0.2, 0.25) is 10.0 Å². The van der Waals surface area contributed by atoms with E-state index in [4.69, 9.17) is 23.2 Å². The van der Waals surface area contributed by atoms with E-state index in [9.17, 15) is 4.79 Å². The smallest absolute Gasteiger partial charge is 0.253 e. The summed E-state index contributed by atoms with van der Waals surface area (Å²) >= 11 is 15.5. The second-order valence-electron chi connectivity index (χ2n) is 4.70. The molecule has 0 N–H and O–H groups in total. The van der Waals surface area contributed by atoms with Gasteiger partial charge in [0.15, 0.2) is 0 Å². The summed E-state index contributed by atoms with van der Waals surface area (Å²) in [5, 5.41) is 1.76. The molecule has 0 bridgehead atoms. The molecule has 0 atom stereocenters. The van der Waals surface area contributed by atoms with Gasteiger partial charge in [0.05, 0.1) is 10.0 Å². The molecule has 21 heavy (non-hydrogen) atoms. The van der Waals surface area contributed by atoms with Crippen LogP contribution in [0, 0.1) is 0 Å². The van der Waals surface area contributed by atoms with Crippen LogP contribution in [0.4, 0.5) is 0 Å². The molecule has 2 aromatic carbocycles. The first-order chi connectivity index (χ1) is 10.0. The van der Waals surface area contributed by atoms with Crippen molar-refractivity contribution in [1.29, 1.82) is 0 Å². The third-order valence-electron chi connectivity index (χ3n) is 3.14. The van der Waals surface area contributed by atoms with E-state index >= 15 is 0 Å². The average Bonchev–Trinajstić information content (AvgIpc) is 2.51. The molecule has 0 aliphatic heterocycles. The van der Waals surface area contributed by atoms with Crippen LogP contribution in [0.3, 0.4) is 0 Å². The topological polar surface area (TPSA) is 20.3 Å². The quantitative estimate of drug-likeness (QED) is 0.664. The number of amides is 1. The number of carbonyl (C=O) groups is 1. The second-order valence-corrected chi connectivity index (χ2v) is 6.05. The molecule has 0 radical (unpaired) electrons. The van der Waals surface area contributed by atoms with Crippen LogP contribution >= 0.6 is 39.1 Å². The molecule has 2 rings (SSSR count). The fourth-order valence-electron chi connectivity index (χ4n) is 1.95. The molecule has 0 aromatic heterocycles. The molecule has 0 saturated heterocycles. The number of carbonyl (C=O) groups excluding carboxylic acids is 1. The fraction of sp³-hybridized carbons (Fsp3) is 0.188. The molecule has 0 heterocycles. The number of benzene rings is 2. The van der Waals surface area contributed by atoms with Gasteiger partial charge in [0.25, 0.3) is 5.91 Å². The Bertz CT molecular complexity index is 643. The lowest BCUT2D eigenvalue weighted by Gasteiger charge is -2.18. The summed E-state index contributed by atoms with van der Waals surface area (Å²) in [7, 11) is 1.75. The summed E-state index contributed by atoms with van der Waals surface area (Å²) in [6.45, 7) is 0.415. The largest absolute Gasteiger partial charge is 0.337 e. The number of hydrogen-bond acceptors (Lipinski definition) is 1. The van der Waals surface area contributed by atoms with Gasteiger partial charge in [-0.1, -0.05) is 63.4 Å². The number of nitrogens with zero attached hydrogens (tertiary/aromatic N) is 1. The molecule has 0 fully saturated rings. The highest BCUT2D eigenvalue weighted by Crippen LogP contribution is 2.26. The molecule has 110 valence electrons. The third-order valence-corrected chi connectivity index (χ3v) is 4.65. The zero-order valence-electron chi connectivity index (χ0n) is 11.4. The number of hydrogen-bond donors (Lipinski definition) is 0. The molecular weight excluding hydrogens is 373 g/mol. The number of alkyl halides is 1. The predicted octanol–water partition coefficient (Wildman–Crippen LogP) is 5.16. The zero-order chi connectivity index (χ0) is 15.4. The lowest BCUT2D eigenvalue weighted by Crippen LogP contribution is -2.26. The monoisotopic (exact) mass is 385 g/mol. The summed E-state index contributed by atoms with van der Waals surface area (Å²) in [5.41, 5.74) is 2.62. The Balaban J connectivity index is 2.13. The summed E-state index contributed by atoms with van der Waals surface area (Å²) in [5.74, 6) is -0.0489. The lowest BCUT2D eigenvalue weighted by molar-refractivity contribution is 0.0785. The Kier molecular flexibility index (Phi) is 5.68. The van der Waals surface area contributed by atoms with Crippen LogP contribution in [0.15, 0.2) is 42.5 Å². The first-order valence-corrected chi connectivity index (χ1v) is 8.24. The number of halogens is 3. The van der Waals surface area contributed by atoms with Crippen molar-refractivity contribution < 1.29 is 4.79 Å². The Labute approximate surface area is 142 Å². The van der Waals surface area contributed by atoms with E-state index < -0.39 is 0 Å². The zero-order valence-corrected chi connectivity index (χ0v) is 14.5. The van der Waals surface area contributed by atoms with E-state index in [-0.39, 0.29) is 5.91 Å². The van der Waals surface area contributed by atoms with E-state index in [1.165, 1.54) is 0 Å². The molecule has 2 nitrogen and oxygen atoms in total. The highest BCUT2D eigenvalue weighted by Gasteiger charge is 2.14. The SMILES string of the molecule is CN(Cc1cccc(Cl)c1Cl)C(=O)c1ccc(CBr)cc1. The molecule has 0 aliphatic rings.